The van der Waals surface area contributed by atoms with E-state index in [0.29, 0.717) is 11.5 Å². The lowest BCUT2D eigenvalue weighted by molar-refractivity contribution is 0.251. The third kappa shape index (κ3) is 2.07. The molecule has 0 saturated carbocycles. The first kappa shape index (κ1) is 9.93. The zero-order chi connectivity index (χ0) is 9.97. The summed E-state index contributed by atoms with van der Waals surface area (Å²) in [6.45, 7) is 2.37. The monoisotopic (exact) mass is 202 g/mol. The van der Waals surface area contributed by atoms with Crippen molar-refractivity contribution >= 4 is 10.2 Å². The Kier molecular flexibility index (Phi) is 3.04. The van der Waals surface area contributed by atoms with Crippen molar-refractivity contribution in [2.75, 3.05) is 20.1 Å². The molecule has 0 bridgehead atoms. The van der Waals surface area contributed by atoms with Gasteiger partial charge in [0.2, 0.25) is 0 Å². The number of likely N-dealkylation sites (tertiary alicyclic amines) is 1. The van der Waals surface area contributed by atoms with Gasteiger partial charge in [0, 0.05) is 16.8 Å². The molecule has 1 aliphatic rings. The predicted molar refractivity (Wildman–Crippen MR) is 60.8 cm³/mol. The van der Waals surface area contributed by atoms with E-state index >= 15 is 0 Å². The third-order valence-electron chi connectivity index (χ3n) is 3.04. The SMILES string of the molecule is CN1CCC([Si])[C@@H](c2ccccc2)C1. The molecule has 2 atom stereocenters. The molecule has 0 amide bonds. The molecule has 0 spiro atoms. The zero-order valence-corrected chi connectivity index (χ0v) is 9.61. The maximum atomic E-state index is 3.84. The molecule has 1 nitrogen and oxygen atoms in total. The van der Waals surface area contributed by atoms with Crippen molar-refractivity contribution in [3.8, 4) is 0 Å². The van der Waals surface area contributed by atoms with Gasteiger partial charge in [0.1, 0.15) is 0 Å². The molecule has 1 unspecified atom stereocenters. The number of benzene rings is 1. The van der Waals surface area contributed by atoms with Crippen molar-refractivity contribution < 1.29 is 0 Å². The van der Waals surface area contributed by atoms with Crippen LogP contribution in [-0.4, -0.2) is 35.3 Å². The van der Waals surface area contributed by atoms with Crippen LogP contribution in [-0.2, 0) is 0 Å². The number of rotatable bonds is 1. The lowest BCUT2D eigenvalue weighted by atomic mass is 9.90. The Bertz CT molecular complexity index is 286. The minimum Gasteiger partial charge on any atom is -0.306 e. The smallest absolute Gasteiger partial charge is 0.0275 e. The van der Waals surface area contributed by atoms with Crippen LogP contribution in [0.4, 0.5) is 0 Å². The van der Waals surface area contributed by atoms with Crippen LogP contribution in [0.2, 0.25) is 5.54 Å². The standard InChI is InChI=1S/C12H16NSi/c1-13-8-7-12(14)11(9-13)10-5-3-2-4-6-10/h2-6,11-12H,7-9H2,1H3/t11-,12?/m1/s1. The van der Waals surface area contributed by atoms with E-state index in [-0.39, 0.29) is 0 Å². The normalized spacial score (nSPS) is 29.0. The van der Waals surface area contributed by atoms with E-state index in [1.54, 1.807) is 0 Å². The maximum Gasteiger partial charge on any atom is 0.0275 e. The summed E-state index contributed by atoms with van der Waals surface area (Å²) < 4.78 is 0. The lowest BCUT2D eigenvalue weighted by Crippen LogP contribution is -2.34. The number of piperidine rings is 1. The van der Waals surface area contributed by atoms with Crippen LogP contribution in [0.25, 0.3) is 0 Å². The average Bonchev–Trinajstić information content (AvgIpc) is 2.23. The zero-order valence-electron chi connectivity index (χ0n) is 8.61. The highest BCUT2D eigenvalue weighted by atomic mass is 28.1. The van der Waals surface area contributed by atoms with Gasteiger partial charge in [-0.3, -0.25) is 0 Å². The van der Waals surface area contributed by atoms with E-state index in [9.17, 15) is 0 Å². The van der Waals surface area contributed by atoms with Gasteiger partial charge in [0.25, 0.3) is 0 Å². The Hall–Kier alpha value is -0.603. The van der Waals surface area contributed by atoms with Crippen LogP contribution in [0.15, 0.2) is 30.3 Å². The van der Waals surface area contributed by atoms with Gasteiger partial charge in [-0.05, 0) is 37.0 Å². The van der Waals surface area contributed by atoms with Gasteiger partial charge in [-0.2, -0.15) is 0 Å². The molecule has 14 heavy (non-hydrogen) atoms. The van der Waals surface area contributed by atoms with Crippen molar-refractivity contribution in [2.45, 2.75) is 17.9 Å². The molecule has 1 aromatic rings. The van der Waals surface area contributed by atoms with Crippen molar-refractivity contribution in [1.82, 2.24) is 4.90 Å². The molecule has 1 fully saturated rings. The molecule has 1 aromatic carbocycles. The Morgan fingerprint density at radius 1 is 1.29 bits per heavy atom. The van der Waals surface area contributed by atoms with Crippen molar-refractivity contribution in [3.05, 3.63) is 35.9 Å². The second-order valence-corrected chi connectivity index (χ2v) is 4.92. The topological polar surface area (TPSA) is 3.24 Å². The molecule has 2 rings (SSSR count). The van der Waals surface area contributed by atoms with E-state index in [1.165, 1.54) is 18.5 Å². The minimum atomic E-state index is 0.633. The Morgan fingerprint density at radius 2 is 2.00 bits per heavy atom. The van der Waals surface area contributed by atoms with Crippen molar-refractivity contribution in [3.63, 3.8) is 0 Å². The Labute approximate surface area is 89.5 Å². The molecule has 0 N–H and O–H groups in total. The molecule has 2 heteroatoms. The summed E-state index contributed by atoms with van der Waals surface area (Å²) in [6.07, 6.45) is 1.24. The first-order chi connectivity index (χ1) is 6.77. The average molecular weight is 202 g/mol. The second kappa shape index (κ2) is 4.28. The first-order valence-corrected chi connectivity index (χ1v) is 5.79. The van der Waals surface area contributed by atoms with Crippen LogP contribution < -0.4 is 0 Å². The van der Waals surface area contributed by atoms with Gasteiger partial charge in [-0.25, -0.2) is 0 Å². The highest BCUT2D eigenvalue weighted by Crippen LogP contribution is 2.33. The summed E-state index contributed by atoms with van der Waals surface area (Å²) in [7, 11) is 6.05. The van der Waals surface area contributed by atoms with Crippen molar-refractivity contribution in [2.24, 2.45) is 0 Å². The Morgan fingerprint density at radius 3 is 2.71 bits per heavy atom. The van der Waals surface area contributed by atoms with Crippen LogP contribution >= 0.6 is 0 Å². The van der Waals surface area contributed by atoms with E-state index in [0.717, 1.165) is 6.54 Å². The summed E-state index contributed by atoms with van der Waals surface area (Å²) >= 11 is 0. The molecule has 1 heterocycles. The Balaban J connectivity index is 2.16. The fourth-order valence-electron chi connectivity index (χ4n) is 2.15. The highest BCUT2D eigenvalue weighted by Gasteiger charge is 2.25. The van der Waals surface area contributed by atoms with Crippen LogP contribution in [0.3, 0.4) is 0 Å². The van der Waals surface area contributed by atoms with E-state index in [1.807, 2.05) is 0 Å². The molecule has 73 valence electrons. The van der Waals surface area contributed by atoms with E-state index in [2.05, 4.69) is 52.5 Å². The largest absolute Gasteiger partial charge is 0.306 e. The van der Waals surface area contributed by atoms with Crippen LogP contribution in [0.1, 0.15) is 17.9 Å². The molecule has 1 saturated heterocycles. The quantitative estimate of drug-likeness (QED) is 0.630. The van der Waals surface area contributed by atoms with Crippen molar-refractivity contribution in [1.29, 1.82) is 0 Å². The molecular weight excluding hydrogens is 186 g/mol. The van der Waals surface area contributed by atoms with E-state index in [4.69, 9.17) is 0 Å². The maximum absolute atomic E-state index is 3.84. The summed E-state index contributed by atoms with van der Waals surface area (Å²) in [5.41, 5.74) is 2.09. The molecule has 1 aliphatic heterocycles. The summed E-state index contributed by atoms with van der Waals surface area (Å²) in [5, 5.41) is 0. The summed E-state index contributed by atoms with van der Waals surface area (Å²) in [5.74, 6) is 0.645. The minimum absolute atomic E-state index is 0.633. The number of nitrogens with zero attached hydrogens (tertiary/aromatic N) is 1. The van der Waals surface area contributed by atoms with Gasteiger partial charge in [0.05, 0.1) is 0 Å². The van der Waals surface area contributed by atoms with Crippen LogP contribution in [0.5, 0.6) is 0 Å². The van der Waals surface area contributed by atoms with E-state index < -0.39 is 0 Å². The second-order valence-electron chi connectivity index (χ2n) is 4.17. The molecule has 0 aliphatic carbocycles. The highest BCUT2D eigenvalue weighted by molar-refractivity contribution is 6.12. The third-order valence-corrected chi connectivity index (χ3v) is 3.73. The number of likely N-dealkylation sites (N-methyl/N-ethyl adjacent to an activating group) is 1. The fourth-order valence-corrected chi connectivity index (χ4v) is 2.58. The van der Waals surface area contributed by atoms with Gasteiger partial charge in [0.15, 0.2) is 0 Å². The molecule has 3 radical (unpaired) electrons. The van der Waals surface area contributed by atoms with Gasteiger partial charge < -0.3 is 4.90 Å². The van der Waals surface area contributed by atoms with Gasteiger partial charge >= 0.3 is 0 Å². The molecule has 0 aromatic heterocycles. The van der Waals surface area contributed by atoms with Gasteiger partial charge in [-0.15, -0.1) is 0 Å². The lowest BCUT2D eigenvalue weighted by Gasteiger charge is -2.35. The number of hydrogen-bond acceptors (Lipinski definition) is 1. The van der Waals surface area contributed by atoms with Gasteiger partial charge in [-0.1, -0.05) is 30.3 Å². The number of hydrogen-bond donors (Lipinski definition) is 0. The first-order valence-electron chi connectivity index (χ1n) is 5.22. The summed E-state index contributed by atoms with van der Waals surface area (Å²) in [4.78, 5) is 2.41. The fraction of sp³-hybridized carbons (Fsp3) is 0.500. The summed E-state index contributed by atoms with van der Waals surface area (Å²) in [6, 6.07) is 10.8. The predicted octanol–water partition coefficient (Wildman–Crippen LogP) is 2.06. The van der Waals surface area contributed by atoms with Crippen LogP contribution in [0, 0.1) is 0 Å². The molecular formula is C12H16NSi.